The van der Waals surface area contributed by atoms with Gasteiger partial charge >= 0.3 is 5.97 Å². The largest absolute Gasteiger partial charge is 0.461 e. The van der Waals surface area contributed by atoms with Crippen molar-refractivity contribution in [3.8, 4) is 0 Å². The molecular formula is C15H26N2O2S. The van der Waals surface area contributed by atoms with Crippen LogP contribution in [0.5, 0.6) is 0 Å². The molecule has 1 aromatic rings. The fourth-order valence-electron chi connectivity index (χ4n) is 2.01. The topological polar surface area (TPSA) is 51.2 Å². The fraction of sp³-hybridized carbons (Fsp3) is 0.733. The lowest BCUT2D eigenvalue weighted by molar-refractivity contribution is 0.0519. The maximum Gasteiger partial charge on any atom is 0.358 e. The number of ether oxygens (including phenoxy) is 1. The molecular weight excluding hydrogens is 272 g/mol. The summed E-state index contributed by atoms with van der Waals surface area (Å²) in [6.07, 6.45) is 6.21. The van der Waals surface area contributed by atoms with Crippen LogP contribution in [0.15, 0.2) is 0 Å². The van der Waals surface area contributed by atoms with Crippen LogP contribution in [-0.2, 0) is 4.74 Å². The van der Waals surface area contributed by atoms with Crippen LogP contribution < -0.4 is 5.32 Å². The van der Waals surface area contributed by atoms with Crippen LogP contribution >= 0.6 is 11.3 Å². The highest BCUT2D eigenvalue weighted by molar-refractivity contribution is 7.15. The third-order valence-corrected chi connectivity index (χ3v) is 4.03. The van der Waals surface area contributed by atoms with Crippen molar-refractivity contribution in [2.75, 3.05) is 11.9 Å². The van der Waals surface area contributed by atoms with Gasteiger partial charge in [-0.3, -0.25) is 0 Å². The van der Waals surface area contributed by atoms with Crippen molar-refractivity contribution in [3.63, 3.8) is 0 Å². The maximum atomic E-state index is 11.7. The lowest BCUT2D eigenvalue weighted by Crippen LogP contribution is -2.15. The van der Waals surface area contributed by atoms with E-state index in [0.717, 1.165) is 16.4 Å². The quantitative estimate of drug-likeness (QED) is 0.542. The molecule has 0 aliphatic heterocycles. The van der Waals surface area contributed by atoms with Crippen molar-refractivity contribution in [1.29, 1.82) is 0 Å². The van der Waals surface area contributed by atoms with Gasteiger partial charge < -0.3 is 10.1 Å². The van der Waals surface area contributed by atoms with Crippen LogP contribution in [0.4, 0.5) is 5.13 Å². The molecule has 0 spiro atoms. The van der Waals surface area contributed by atoms with Gasteiger partial charge in [0.1, 0.15) is 0 Å². The number of anilines is 1. The molecule has 0 aliphatic carbocycles. The van der Waals surface area contributed by atoms with Gasteiger partial charge in [-0.05, 0) is 27.2 Å². The van der Waals surface area contributed by atoms with Crippen molar-refractivity contribution >= 4 is 22.4 Å². The molecule has 0 aliphatic rings. The zero-order valence-electron chi connectivity index (χ0n) is 13.0. The highest BCUT2D eigenvalue weighted by Crippen LogP contribution is 2.24. The number of nitrogens with zero attached hydrogens (tertiary/aromatic N) is 1. The number of hydrogen-bond acceptors (Lipinski definition) is 5. The molecule has 114 valence electrons. The van der Waals surface area contributed by atoms with Crippen molar-refractivity contribution < 1.29 is 9.53 Å². The van der Waals surface area contributed by atoms with Crippen molar-refractivity contribution in [1.82, 2.24) is 4.98 Å². The Labute approximate surface area is 125 Å². The molecule has 0 saturated carbocycles. The number of carbonyl (C=O) groups excluding carboxylic acids is 1. The zero-order chi connectivity index (χ0) is 15.0. The van der Waals surface area contributed by atoms with E-state index in [-0.39, 0.29) is 5.97 Å². The molecule has 1 N–H and O–H groups in total. The molecule has 20 heavy (non-hydrogen) atoms. The predicted molar refractivity (Wildman–Crippen MR) is 84.7 cm³/mol. The Morgan fingerprint density at radius 2 is 2.10 bits per heavy atom. The van der Waals surface area contributed by atoms with E-state index >= 15 is 0 Å². The molecule has 0 aromatic carbocycles. The highest BCUT2D eigenvalue weighted by atomic mass is 32.1. The van der Waals surface area contributed by atoms with Crippen molar-refractivity contribution in [2.45, 2.75) is 65.8 Å². The number of carbonyl (C=O) groups is 1. The number of nitrogens with one attached hydrogen (secondary N) is 1. The third kappa shape index (κ3) is 5.49. The first kappa shape index (κ1) is 17.0. The lowest BCUT2D eigenvalue weighted by atomic mass is 10.1. The summed E-state index contributed by atoms with van der Waals surface area (Å²) < 4.78 is 5.00. The van der Waals surface area contributed by atoms with E-state index in [1.807, 2.05) is 6.92 Å². The summed E-state index contributed by atoms with van der Waals surface area (Å²) in [6.45, 7) is 8.47. The predicted octanol–water partition coefficient (Wildman–Crippen LogP) is 4.40. The maximum absolute atomic E-state index is 11.7. The van der Waals surface area contributed by atoms with E-state index < -0.39 is 0 Å². The van der Waals surface area contributed by atoms with E-state index in [1.165, 1.54) is 37.0 Å². The number of aryl methyl sites for hydroxylation is 1. The van der Waals surface area contributed by atoms with Gasteiger partial charge in [0.15, 0.2) is 10.8 Å². The number of thiazole rings is 1. The molecule has 5 heteroatoms. The second-order valence-electron chi connectivity index (χ2n) is 5.04. The first-order chi connectivity index (χ1) is 9.58. The van der Waals surface area contributed by atoms with Gasteiger partial charge in [-0.25, -0.2) is 9.78 Å². The summed E-state index contributed by atoms with van der Waals surface area (Å²) in [5.41, 5.74) is 0.442. The van der Waals surface area contributed by atoms with Crippen LogP contribution in [-0.4, -0.2) is 23.6 Å². The molecule has 4 nitrogen and oxygen atoms in total. The smallest absolute Gasteiger partial charge is 0.358 e. The average molecular weight is 298 g/mol. The van der Waals surface area contributed by atoms with Gasteiger partial charge in [0.2, 0.25) is 0 Å². The monoisotopic (exact) mass is 298 g/mol. The Morgan fingerprint density at radius 3 is 2.75 bits per heavy atom. The third-order valence-electron chi connectivity index (χ3n) is 3.13. The summed E-state index contributed by atoms with van der Waals surface area (Å²) in [5.74, 6) is -0.329. The standard InChI is InChI=1S/C15H26N2O2S/c1-5-7-8-9-10-11(3)16-15-17-13(12(4)20-15)14(18)19-6-2/h11H,5-10H2,1-4H3,(H,16,17). The number of hydrogen-bond donors (Lipinski definition) is 1. The lowest BCUT2D eigenvalue weighted by Gasteiger charge is -2.12. The number of aromatic nitrogens is 1. The van der Waals surface area contributed by atoms with Crippen LogP contribution in [0.25, 0.3) is 0 Å². The van der Waals surface area contributed by atoms with Gasteiger partial charge in [0.05, 0.1) is 6.61 Å². The Balaban J connectivity index is 2.47. The van der Waals surface area contributed by atoms with Crippen LogP contribution in [0.3, 0.4) is 0 Å². The molecule has 0 bridgehead atoms. The first-order valence-electron chi connectivity index (χ1n) is 7.49. The van der Waals surface area contributed by atoms with Crippen LogP contribution in [0.2, 0.25) is 0 Å². The highest BCUT2D eigenvalue weighted by Gasteiger charge is 2.17. The minimum Gasteiger partial charge on any atom is -0.461 e. The Kier molecular flexibility index (Phi) is 7.59. The molecule has 1 unspecified atom stereocenters. The van der Waals surface area contributed by atoms with Crippen molar-refractivity contribution in [3.05, 3.63) is 10.6 Å². The number of unbranched alkanes of at least 4 members (excludes halogenated alkanes) is 3. The minimum atomic E-state index is -0.329. The van der Waals surface area contributed by atoms with Crippen LogP contribution in [0, 0.1) is 6.92 Å². The second kappa shape index (κ2) is 8.95. The molecule has 0 saturated heterocycles. The van der Waals surface area contributed by atoms with Gasteiger partial charge in [-0.1, -0.05) is 32.6 Å². The van der Waals surface area contributed by atoms with E-state index in [9.17, 15) is 4.79 Å². The van der Waals surface area contributed by atoms with Crippen molar-refractivity contribution in [2.24, 2.45) is 0 Å². The van der Waals surface area contributed by atoms with E-state index in [2.05, 4.69) is 24.1 Å². The molecule has 0 radical (unpaired) electrons. The first-order valence-corrected chi connectivity index (χ1v) is 8.31. The second-order valence-corrected chi connectivity index (χ2v) is 6.24. The molecule has 1 aromatic heterocycles. The fourth-order valence-corrected chi connectivity index (χ4v) is 2.92. The summed E-state index contributed by atoms with van der Waals surface area (Å²) in [6, 6.07) is 0.382. The Morgan fingerprint density at radius 1 is 1.35 bits per heavy atom. The van der Waals surface area contributed by atoms with Gasteiger partial charge in [-0.15, -0.1) is 11.3 Å². The Hall–Kier alpha value is -1.10. The van der Waals surface area contributed by atoms with Gasteiger partial charge in [0.25, 0.3) is 0 Å². The molecule has 0 fully saturated rings. The Bertz CT molecular complexity index is 418. The van der Waals surface area contributed by atoms with Gasteiger partial charge in [0, 0.05) is 10.9 Å². The summed E-state index contributed by atoms with van der Waals surface area (Å²) in [5, 5.41) is 4.19. The SMILES string of the molecule is CCCCCCC(C)Nc1nc(C(=O)OCC)c(C)s1. The molecule has 1 atom stereocenters. The molecule has 1 heterocycles. The van der Waals surface area contributed by atoms with Crippen LogP contribution in [0.1, 0.15) is 68.2 Å². The van der Waals surface area contributed by atoms with Gasteiger partial charge in [-0.2, -0.15) is 0 Å². The zero-order valence-corrected chi connectivity index (χ0v) is 13.8. The molecule has 0 amide bonds. The number of esters is 1. The summed E-state index contributed by atoms with van der Waals surface area (Å²) in [4.78, 5) is 17.0. The van der Waals surface area contributed by atoms with E-state index in [1.54, 1.807) is 6.92 Å². The minimum absolute atomic E-state index is 0.329. The average Bonchev–Trinajstić information content (AvgIpc) is 2.76. The van der Waals surface area contributed by atoms with E-state index in [0.29, 0.717) is 18.3 Å². The molecule has 1 rings (SSSR count). The normalized spacial score (nSPS) is 12.2. The van der Waals surface area contributed by atoms with E-state index in [4.69, 9.17) is 4.74 Å². The summed E-state index contributed by atoms with van der Waals surface area (Å²) in [7, 11) is 0. The number of rotatable bonds is 9. The summed E-state index contributed by atoms with van der Waals surface area (Å²) >= 11 is 1.52.